The van der Waals surface area contributed by atoms with Gasteiger partial charge in [-0.05, 0) is 62.9 Å². The maximum Gasteiger partial charge on any atom is 0.253 e. The molecule has 3 rings (SSSR count). The molecule has 0 atom stereocenters. The SMILES string of the molecule is CCCNC(=O)C1CCN(CC(=O)NCc2ccc(C(=O)N3CCCC3)cc2)CC1. The van der Waals surface area contributed by atoms with E-state index in [0.717, 1.165) is 70.4 Å². The van der Waals surface area contributed by atoms with Gasteiger partial charge < -0.3 is 15.5 Å². The molecule has 164 valence electrons. The van der Waals surface area contributed by atoms with Gasteiger partial charge >= 0.3 is 0 Å². The summed E-state index contributed by atoms with van der Waals surface area (Å²) >= 11 is 0. The quantitative estimate of drug-likeness (QED) is 0.679. The Kier molecular flexibility index (Phi) is 8.25. The Balaban J connectivity index is 1.37. The predicted octanol–water partition coefficient (Wildman–Crippen LogP) is 1.78. The van der Waals surface area contributed by atoms with Crippen molar-refractivity contribution in [1.82, 2.24) is 20.4 Å². The zero-order valence-electron chi connectivity index (χ0n) is 18.0. The number of piperidine rings is 1. The van der Waals surface area contributed by atoms with E-state index in [0.29, 0.717) is 18.7 Å². The molecule has 2 aliphatic heterocycles. The lowest BCUT2D eigenvalue weighted by atomic mass is 9.96. The van der Waals surface area contributed by atoms with Crippen LogP contribution in [0.15, 0.2) is 24.3 Å². The highest BCUT2D eigenvalue weighted by molar-refractivity contribution is 5.94. The molecule has 3 amide bonds. The van der Waals surface area contributed by atoms with Crippen LogP contribution in [0.25, 0.3) is 0 Å². The largest absolute Gasteiger partial charge is 0.356 e. The minimum Gasteiger partial charge on any atom is -0.356 e. The smallest absolute Gasteiger partial charge is 0.253 e. The summed E-state index contributed by atoms with van der Waals surface area (Å²) in [7, 11) is 0. The highest BCUT2D eigenvalue weighted by Gasteiger charge is 2.25. The molecule has 7 heteroatoms. The molecule has 1 aromatic carbocycles. The zero-order valence-corrected chi connectivity index (χ0v) is 18.0. The summed E-state index contributed by atoms with van der Waals surface area (Å²) in [6.07, 6.45) is 4.71. The second kappa shape index (κ2) is 11.1. The van der Waals surface area contributed by atoms with Gasteiger partial charge in [-0.2, -0.15) is 0 Å². The Hall–Kier alpha value is -2.41. The molecule has 2 saturated heterocycles. The van der Waals surface area contributed by atoms with E-state index in [1.54, 1.807) is 0 Å². The summed E-state index contributed by atoms with van der Waals surface area (Å²) in [5.41, 5.74) is 1.69. The maximum absolute atomic E-state index is 12.4. The molecule has 1 aromatic rings. The molecule has 7 nitrogen and oxygen atoms in total. The van der Waals surface area contributed by atoms with Crippen LogP contribution in [-0.4, -0.2) is 66.8 Å². The molecule has 0 aliphatic carbocycles. The molecular formula is C23H34N4O3. The first kappa shape index (κ1) is 22.3. The number of nitrogens with zero attached hydrogens (tertiary/aromatic N) is 2. The molecule has 0 radical (unpaired) electrons. The molecule has 0 spiro atoms. The van der Waals surface area contributed by atoms with E-state index in [1.807, 2.05) is 36.1 Å². The Labute approximate surface area is 179 Å². The molecular weight excluding hydrogens is 380 g/mol. The molecule has 2 N–H and O–H groups in total. The number of nitrogens with one attached hydrogen (secondary N) is 2. The van der Waals surface area contributed by atoms with Crippen molar-refractivity contribution in [3.8, 4) is 0 Å². The number of rotatable bonds is 8. The van der Waals surface area contributed by atoms with Gasteiger partial charge in [0.1, 0.15) is 0 Å². The number of likely N-dealkylation sites (tertiary alicyclic amines) is 2. The molecule has 0 aromatic heterocycles. The summed E-state index contributed by atoms with van der Waals surface area (Å²) in [4.78, 5) is 40.7. The third kappa shape index (κ3) is 6.29. The number of amides is 3. The second-order valence-electron chi connectivity index (χ2n) is 8.31. The van der Waals surface area contributed by atoms with Crippen molar-refractivity contribution in [3.05, 3.63) is 35.4 Å². The summed E-state index contributed by atoms with van der Waals surface area (Å²) in [5.74, 6) is 0.293. The summed E-state index contributed by atoms with van der Waals surface area (Å²) in [5, 5.41) is 5.92. The van der Waals surface area contributed by atoms with Crippen molar-refractivity contribution in [3.63, 3.8) is 0 Å². The van der Waals surface area contributed by atoms with Gasteiger partial charge in [-0.25, -0.2) is 0 Å². The summed E-state index contributed by atoms with van der Waals surface area (Å²) in [6, 6.07) is 7.50. The van der Waals surface area contributed by atoms with Gasteiger partial charge in [0, 0.05) is 37.7 Å². The van der Waals surface area contributed by atoms with Crippen molar-refractivity contribution in [2.24, 2.45) is 5.92 Å². The van der Waals surface area contributed by atoms with Crippen molar-refractivity contribution in [2.45, 2.75) is 45.6 Å². The van der Waals surface area contributed by atoms with E-state index in [1.165, 1.54) is 0 Å². The van der Waals surface area contributed by atoms with Gasteiger partial charge in [-0.15, -0.1) is 0 Å². The van der Waals surface area contributed by atoms with Crippen molar-refractivity contribution < 1.29 is 14.4 Å². The molecule has 2 heterocycles. The lowest BCUT2D eigenvalue weighted by Gasteiger charge is -2.30. The minimum absolute atomic E-state index is 0.0129. The number of carbonyl (C=O) groups excluding carboxylic acids is 3. The fraction of sp³-hybridized carbons (Fsp3) is 0.609. The average Bonchev–Trinajstić information content (AvgIpc) is 3.31. The van der Waals surface area contributed by atoms with E-state index < -0.39 is 0 Å². The molecule has 2 fully saturated rings. The number of hydrogen-bond donors (Lipinski definition) is 2. The van der Waals surface area contributed by atoms with Gasteiger partial charge in [0.25, 0.3) is 5.91 Å². The van der Waals surface area contributed by atoms with E-state index >= 15 is 0 Å². The van der Waals surface area contributed by atoms with Crippen LogP contribution in [-0.2, 0) is 16.1 Å². The fourth-order valence-corrected chi connectivity index (χ4v) is 4.07. The topological polar surface area (TPSA) is 81.8 Å². The minimum atomic E-state index is -0.0129. The van der Waals surface area contributed by atoms with Crippen LogP contribution in [0.1, 0.15) is 54.9 Å². The fourth-order valence-electron chi connectivity index (χ4n) is 4.07. The first-order valence-corrected chi connectivity index (χ1v) is 11.2. The molecule has 0 saturated carbocycles. The molecule has 0 bridgehead atoms. The second-order valence-corrected chi connectivity index (χ2v) is 8.31. The average molecular weight is 415 g/mol. The summed E-state index contributed by atoms with van der Waals surface area (Å²) in [6.45, 7) is 6.81. The van der Waals surface area contributed by atoms with Crippen LogP contribution in [0.4, 0.5) is 0 Å². The number of hydrogen-bond acceptors (Lipinski definition) is 4. The first-order valence-electron chi connectivity index (χ1n) is 11.2. The van der Waals surface area contributed by atoms with Crippen molar-refractivity contribution in [2.75, 3.05) is 39.3 Å². The zero-order chi connectivity index (χ0) is 21.3. The predicted molar refractivity (Wildman–Crippen MR) is 116 cm³/mol. The lowest BCUT2D eigenvalue weighted by Crippen LogP contribution is -2.44. The highest BCUT2D eigenvalue weighted by Crippen LogP contribution is 2.17. The highest BCUT2D eigenvalue weighted by atomic mass is 16.2. The van der Waals surface area contributed by atoms with E-state index in [9.17, 15) is 14.4 Å². The first-order chi connectivity index (χ1) is 14.6. The standard InChI is InChI=1S/C23H34N4O3/c1-2-11-24-22(29)19-9-14-26(15-10-19)17-21(28)25-16-18-5-7-20(8-6-18)23(30)27-12-3-4-13-27/h5-8,19H,2-4,9-17H2,1H3,(H,24,29)(H,25,28). The van der Waals surface area contributed by atoms with Gasteiger partial charge in [0.15, 0.2) is 0 Å². The van der Waals surface area contributed by atoms with E-state index in [4.69, 9.17) is 0 Å². The normalized spacial score (nSPS) is 17.7. The number of benzene rings is 1. The molecule has 30 heavy (non-hydrogen) atoms. The third-order valence-corrected chi connectivity index (χ3v) is 5.96. The van der Waals surface area contributed by atoms with Crippen LogP contribution < -0.4 is 10.6 Å². The van der Waals surface area contributed by atoms with Gasteiger partial charge in [0.2, 0.25) is 11.8 Å². The Bertz CT molecular complexity index is 720. The van der Waals surface area contributed by atoms with Gasteiger partial charge in [-0.1, -0.05) is 19.1 Å². The Morgan fingerprint density at radius 3 is 2.27 bits per heavy atom. The van der Waals surface area contributed by atoms with E-state index in [2.05, 4.69) is 15.5 Å². The van der Waals surface area contributed by atoms with E-state index in [-0.39, 0.29) is 23.6 Å². The van der Waals surface area contributed by atoms with Gasteiger partial charge in [-0.3, -0.25) is 19.3 Å². The van der Waals surface area contributed by atoms with Crippen LogP contribution in [0.3, 0.4) is 0 Å². The third-order valence-electron chi connectivity index (χ3n) is 5.96. The number of carbonyl (C=O) groups is 3. The molecule has 2 aliphatic rings. The van der Waals surface area contributed by atoms with Crippen LogP contribution in [0.2, 0.25) is 0 Å². The molecule has 0 unspecified atom stereocenters. The summed E-state index contributed by atoms with van der Waals surface area (Å²) < 4.78 is 0. The van der Waals surface area contributed by atoms with Crippen molar-refractivity contribution in [1.29, 1.82) is 0 Å². The van der Waals surface area contributed by atoms with Crippen LogP contribution in [0.5, 0.6) is 0 Å². The Morgan fingerprint density at radius 2 is 1.63 bits per heavy atom. The van der Waals surface area contributed by atoms with Crippen LogP contribution in [0, 0.1) is 5.92 Å². The monoisotopic (exact) mass is 414 g/mol. The lowest BCUT2D eigenvalue weighted by molar-refractivity contribution is -0.126. The van der Waals surface area contributed by atoms with Crippen molar-refractivity contribution >= 4 is 17.7 Å². The van der Waals surface area contributed by atoms with Crippen LogP contribution >= 0.6 is 0 Å². The Morgan fingerprint density at radius 1 is 0.967 bits per heavy atom. The van der Waals surface area contributed by atoms with Gasteiger partial charge in [0.05, 0.1) is 6.54 Å². The maximum atomic E-state index is 12.4.